The van der Waals surface area contributed by atoms with E-state index in [0.717, 1.165) is 16.7 Å². The Kier molecular flexibility index (Phi) is 4.14. The molecular formula is C16H16O4S. The van der Waals surface area contributed by atoms with Gasteiger partial charge < -0.3 is 5.11 Å². The van der Waals surface area contributed by atoms with E-state index in [0.29, 0.717) is 0 Å². The van der Waals surface area contributed by atoms with E-state index in [-0.39, 0.29) is 16.2 Å². The lowest BCUT2D eigenvalue weighted by atomic mass is 10.1. The molecule has 2 rings (SSSR count). The Morgan fingerprint density at radius 2 is 1.67 bits per heavy atom. The largest absolute Gasteiger partial charge is 0.478 e. The number of carbonyl (C=O) groups is 1. The van der Waals surface area contributed by atoms with E-state index < -0.39 is 15.8 Å². The third-order valence-electron chi connectivity index (χ3n) is 3.31. The summed E-state index contributed by atoms with van der Waals surface area (Å²) in [5, 5.41) is 8.83. The average molecular weight is 304 g/mol. The fourth-order valence-corrected chi connectivity index (χ4v) is 3.49. The normalized spacial score (nSPS) is 11.3. The van der Waals surface area contributed by atoms with Gasteiger partial charge in [0.2, 0.25) is 0 Å². The fourth-order valence-electron chi connectivity index (χ4n) is 2.05. The second-order valence-electron chi connectivity index (χ2n) is 5.02. The monoisotopic (exact) mass is 304 g/mol. The van der Waals surface area contributed by atoms with E-state index in [1.54, 1.807) is 0 Å². The summed E-state index contributed by atoms with van der Waals surface area (Å²) < 4.78 is 24.8. The van der Waals surface area contributed by atoms with Crippen LogP contribution in [0, 0.1) is 13.8 Å². The molecule has 4 nitrogen and oxygen atoms in total. The molecule has 0 aliphatic heterocycles. The molecule has 0 heterocycles. The molecule has 1 N–H and O–H groups in total. The number of rotatable bonds is 4. The van der Waals surface area contributed by atoms with E-state index in [2.05, 4.69) is 0 Å². The molecule has 0 amide bonds. The van der Waals surface area contributed by atoms with Gasteiger partial charge in [-0.15, -0.1) is 0 Å². The van der Waals surface area contributed by atoms with Gasteiger partial charge in [-0.1, -0.05) is 23.8 Å². The summed E-state index contributed by atoms with van der Waals surface area (Å²) in [6.07, 6.45) is 0. The van der Waals surface area contributed by atoms with Crippen LogP contribution >= 0.6 is 0 Å². The van der Waals surface area contributed by atoms with Crippen LogP contribution in [0.25, 0.3) is 0 Å². The molecule has 0 saturated carbocycles. The molecule has 0 spiro atoms. The molecule has 2 aromatic carbocycles. The maximum Gasteiger partial charge on any atom is 0.335 e. The van der Waals surface area contributed by atoms with Gasteiger partial charge in [-0.3, -0.25) is 0 Å². The van der Waals surface area contributed by atoms with Gasteiger partial charge in [0.05, 0.1) is 16.2 Å². The highest BCUT2D eigenvalue weighted by atomic mass is 32.2. The average Bonchev–Trinajstić information content (AvgIpc) is 2.43. The third-order valence-corrected chi connectivity index (χ3v) is 4.99. The van der Waals surface area contributed by atoms with E-state index in [9.17, 15) is 13.2 Å². The molecule has 110 valence electrons. The highest BCUT2D eigenvalue weighted by Gasteiger charge is 2.17. The molecule has 21 heavy (non-hydrogen) atoms. The van der Waals surface area contributed by atoms with Gasteiger partial charge in [0, 0.05) is 0 Å². The van der Waals surface area contributed by atoms with Crippen LogP contribution in [0.2, 0.25) is 0 Å². The Morgan fingerprint density at radius 3 is 2.24 bits per heavy atom. The minimum atomic E-state index is -3.49. The summed E-state index contributed by atoms with van der Waals surface area (Å²) in [6.45, 7) is 3.79. The topological polar surface area (TPSA) is 71.4 Å². The molecule has 5 heteroatoms. The number of carboxylic acids is 1. The van der Waals surface area contributed by atoms with Crippen molar-refractivity contribution < 1.29 is 18.3 Å². The molecule has 0 radical (unpaired) electrons. The Labute approximate surface area is 124 Å². The van der Waals surface area contributed by atoms with Crippen LogP contribution in [0.3, 0.4) is 0 Å². The van der Waals surface area contributed by atoms with Crippen LogP contribution in [0.1, 0.15) is 27.0 Å². The first-order valence-corrected chi connectivity index (χ1v) is 8.07. The van der Waals surface area contributed by atoms with Crippen molar-refractivity contribution in [3.63, 3.8) is 0 Å². The predicted molar refractivity (Wildman–Crippen MR) is 80.2 cm³/mol. The number of hydrogen-bond donors (Lipinski definition) is 1. The number of aromatic carboxylic acids is 1. The van der Waals surface area contributed by atoms with E-state index >= 15 is 0 Å². The van der Waals surface area contributed by atoms with Crippen molar-refractivity contribution in [3.8, 4) is 0 Å². The Balaban J connectivity index is 2.34. The van der Waals surface area contributed by atoms with Crippen molar-refractivity contribution in [2.24, 2.45) is 0 Å². The molecule has 0 unspecified atom stereocenters. The lowest BCUT2D eigenvalue weighted by Crippen LogP contribution is -2.07. The minimum absolute atomic E-state index is 0.0701. The third kappa shape index (κ3) is 3.49. The smallest absolute Gasteiger partial charge is 0.335 e. The summed E-state index contributed by atoms with van der Waals surface area (Å²) in [6, 6.07) is 11.0. The highest BCUT2D eigenvalue weighted by molar-refractivity contribution is 7.90. The van der Waals surface area contributed by atoms with Gasteiger partial charge in [-0.2, -0.15) is 0 Å². The van der Waals surface area contributed by atoms with Gasteiger partial charge in [0.25, 0.3) is 0 Å². The number of carboxylic acid groups (broad SMARTS) is 1. The summed E-state index contributed by atoms with van der Waals surface area (Å²) in [4.78, 5) is 10.9. The van der Waals surface area contributed by atoms with Gasteiger partial charge in [0.1, 0.15) is 0 Å². The first-order valence-electron chi connectivity index (χ1n) is 6.42. The van der Waals surface area contributed by atoms with Crippen molar-refractivity contribution in [2.45, 2.75) is 24.5 Å². The number of hydrogen-bond acceptors (Lipinski definition) is 3. The molecule has 0 aliphatic carbocycles. The molecule has 0 aromatic heterocycles. The summed E-state index contributed by atoms with van der Waals surface area (Å²) >= 11 is 0. The van der Waals surface area contributed by atoms with Crippen molar-refractivity contribution >= 4 is 15.8 Å². The standard InChI is InChI=1S/C16H16O4S/c1-11-3-4-12(2)14(9-11)10-21(19,20)15-7-5-13(6-8-15)16(17)18/h3-9H,10H2,1-2H3,(H,17,18). The van der Waals surface area contributed by atoms with E-state index in [1.807, 2.05) is 32.0 Å². The number of sulfone groups is 1. The SMILES string of the molecule is Cc1ccc(C)c(CS(=O)(=O)c2ccc(C(=O)O)cc2)c1. The second kappa shape index (κ2) is 5.69. The molecule has 2 aromatic rings. The number of benzene rings is 2. The van der Waals surface area contributed by atoms with Crippen molar-refractivity contribution in [3.05, 3.63) is 64.7 Å². The zero-order valence-corrected chi connectivity index (χ0v) is 12.6. The highest BCUT2D eigenvalue weighted by Crippen LogP contribution is 2.20. The van der Waals surface area contributed by atoms with Crippen molar-refractivity contribution in [2.75, 3.05) is 0 Å². The lowest BCUT2D eigenvalue weighted by Gasteiger charge is -2.09. The van der Waals surface area contributed by atoms with Gasteiger partial charge in [0.15, 0.2) is 9.84 Å². The molecule has 0 fully saturated rings. The van der Waals surface area contributed by atoms with E-state index in [1.165, 1.54) is 24.3 Å². The number of aryl methyl sites for hydroxylation is 2. The first-order chi connectivity index (χ1) is 9.79. The summed E-state index contributed by atoms with van der Waals surface area (Å²) in [5.41, 5.74) is 2.76. The maximum atomic E-state index is 12.4. The Bertz CT molecular complexity index is 774. The molecule has 0 aliphatic rings. The Hall–Kier alpha value is -2.14. The molecule has 0 saturated heterocycles. The Morgan fingerprint density at radius 1 is 1.05 bits per heavy atom. The quantitative estimate of drug-likeness (QED) is 0.942. The maximum absolute atomic E-state index is 12.4. The van der Waals surface area contributed by atoms with Crippen LogP contribution in [-0.2, 0) is 15.6 Å². The predicted octanol–water partition coefficient (Wildman–Crippen LogP) is 2.98. The molecular weight excluding hydrogens is 288 g/mol. The van der Waals surface area contributed by atoms with Gasteiger partial charge >= 0.3 is 5.97 Å². The fraction of sp³-hybridized carbons (Fsp3) is 0.188. The van der Waals surface area contributed by atoms with Crippen molar-refractivity contribution in [1.82, 2.24) is 0 Å². The van der Waals surface area contributed by atoms with Crippen LogP contribution in [-0.4, -0.2) is 19.5 Å². The lowest BCUT2D eigenvalue weighted by molar-refractivity contribution is 0.0696. The first kappa shape index (κ1) is 15.3. The van der Waals surface area contributed by atoms with Gasteiger partial charge in [-0.25, -0.2) is 13.2 Å². The summed E-state index contributed by atoms with van der Waals surface area (Å²) in [5.74, 6) is -1.17. The second-order valence-corrected chi connectivity index (χ2v) is 7.01. The molecule has 0 bridgehead atoms. The van der Waals surface area contributed by atoms with Crippen LogP contribution in [0.5, 0.6) is 0 Å². The van der Waals surface area contributed by atoms with Crippen LogP contribution in [0.4, 0.5) is 0 Å². The van der Waals surface area contributed by atoms with Crippen molar-refractivity contribution in [1.29, 1.82) is 0 Å². The summed E-state index contributed by atoms with van der Waals surface area (Å²) in [7, 11) is -3.49. The molecule has 0 atom stereocenters. The van der Waals surface area contributed by atoms with Crippen LogP contribution < -0.4 is 0 Å². The van der Waals surface area contributed by atoms with Gasteiger partial charge in [-0.05, 0) is 49.2 Å². The minimum Gasteiger partial charge on any atom is -0.478 e. The van der Waals surface area contributed by atoms with Crippen LogP contribution in [0.15, 0.2) is 47.4 Å². The zero-order valence-electron chi connectivity index (χ0n) is 11.8. The van der Waals surface area contributed by atoms with E-state index in [4.69, 9.17) is 5.11 Å². The zero-order chi connectivity index (χ0) is 15.6.